The fourth-order valence-electron chi connectivity index (χ4n) is 1.19. The van der Waals surface area contributed by atoms with Gasteiger partial charge in [-0.3, -0.25) is 0 Å². The summed E-state index contributed by atoms with van der Waals surface area (Å²) in [6.45, 7) is 0. The smallest absolute Gasteiger partial charge is 0.412 e. The van der Waals surface area contributed by atoms with Crippen LogP contribution >= 0.6 is 0 Å². The van der Waals surface area contributed by atoms with Gasteiger partial charge in [-0.25, -0.2) is 0 Å². The van der Waals surface area contributed by atoms with Crippen molar-refractivity contribution in [2.24, 2.45) is 11.5 Å². The minimum Gasteiger partial charge on any atom is -0.412 e. The molecule has 0 aromatic rings. The molecule has 8 N–H and O–H groups in total. The Morgan fingerprint density at radius 1 is 0.789 bits per heavy atom. The van der Waals surface area contributed by atoms with Crippen LogP contribution in [0, 0.1) is 30.6 Å². The summed E-state index contributed by atoms with van der Waals surface area (Å²) in [4.78, 5) is 16.5. The molecule has 0 aliphatic heterocycles. The molecular weight excluding hydrogens is 451 g/mol. The average molecular weight is 469 g/mol. The van der Waals surface area contributed by atoms with Gasteiger partial charge in [0.1, 0.15) is 0 Å². The molecule has 0 amide bonds. The van der Waals surface area contributed by atoms with E-state index in [2.05, 4.69) is 0 Å². The number of nitrogens with two attached hydrogens (primary N) is 2. The van der Waals surface area contributed by atoms with Crippen LogP contribution in [-0.4, -0.2) is 33.2 Å². The summed E-state index contributed by atoms with van der Waals surface area (Å²) in [5, 5.41) is 29.5. The molecule has 0 saturated heterocycles. The van der Waals surface area contributed by atoms with E-state index in [-0.39, 0.29) is 44.1 Å². The van der Waals surface area contributed by atoms with E-state index >= 15 is 0 Å². The van der Waals surface area contributed by atoms with E-state index < -0.39 is 10.2 Å². The molecule has 0 bridgehead atoms. The summed E-state index contributed by atoms with van der Waals surface area (Å²) in [6, 6.07) is 0.562. The Bertz CT molecular complexity index is 191. The fourth-order valence-corrected chi connectivity index (χ4v) is 1.19. The summed E-state index contributed by atoms with van der Waals surface area (Å²) >= 11 is 0. The van der Waals surface area contributed by atoms with Gasteiger partial charge in [0.15, 0.2) is 0 Å². The fraction of sp³-hybridized carbons (Fsp3) is 1.00. The molecule has 19 heavy (non-hydrogen) atoms. The van der Waals surface area contributed by atoms with E-state index in [1.807, 2.05) is 0 Å². The molecule has 0 unspecified atom stereocenters. The largest absolute Gasteiger partial charge is 2.00 e. The van der Waals surface area contributed by atoms with Crippen molar-refractivity contribution in [3.63, 3.8) is 0 Å². The molecular formula is C6H18N4O8Pt. The Hall–Kier alpha value is -1.07. The van der Waals surface area contributed by atoms with Gasteiger partial charge in [-0.15, -0.1) is 0 Å². The quantitative estimate of drug-likeness (QED) is 0.298. The zero-order chi connectivity index (χ0) is 13.1. The van der Waals surface area contributed by atoms with E-state index in [9.17, 15) is 0 Å². The first kappa shape index (κ1) is 30.7. The molecule has 120 valence electrons. The maximum atomic E-state index is 8.25. The SMILES string of the molecule is N[C@H]1CCCC[C@@H]1N.O.O.O=[N+]([O-])[O-].O=[N+]([O-])[O-].[Pt+2]. The van der Waals surface area contributed by atoms with Crippen molar-refractivity contribution in [1.29, 1.82) is 0 Å². The van der Waals surface area contributed by atoms with Gasteiger partial charge in [0.05, 0.1) is 10.2 Å². The van der Waals surface area contributed by atoms with Gasteiger partial charge in [0.25, 0.3) is 0 Å². The monoisotopic (exact) mass is 469 g/mol. The van der Waals surface area contributed by atoms with Crippen LogP contribution < -0.4 is 11.5 Å². The normalized spacial score (nSPS) is 19.3. The van der Waals surface area contributed by atoms with Crippen molar-refractivity contribution in [3.05, 3.63) is 30.6 Å². The van der Waals surface area contributed by atoms with E-state index in [0.717, 1.165) is 12.8 Å². The third-order valence-electron chi connectivity index (χ3n) is 1.87. The molecule has 0 aromatic heterocycles. The van der Waals surface area contributed by atoms with Gasteiger partial charge in [0.2, 0.25) is 0 Å². The topological polar surface area (TPSA) is 247 Å². The second-order valence-corrected chi connectivity index (χ2v) is 3.06. The molecule has 12 nitrogen and oxygen atoms in total. The number of rotatable bonds is 0. The van der Waals surface area contributed by atoms with Gasteiger partial charge in [-0.2, -0.15) is 0 Å². The van der Waals surface area contributed by atoms with Crippen LogP contribution in [0.4, 0.5) is 0 Å². The summed E-state index contributed by atoms with van der Waals surface area (Å²) in [6.07, 6.45) is 4.80. The van der Waals surface area contributed by atoms with E-state index in [1.165, 1.54) is 12.8 Å². The van der Waals surface area contributed by atoms with Crippen LogP contribution in [0.5, 0.6) is 0 Å². The van der Waals surface area contributed by atoms with Crippen LogP contribution in [0.1, 0.15) is 25.7 Å². The van der Waals surface area contributed by atoms with Gasteiger partial charge in [-0.05, 0) is 12.8 Å². The van der Waals surface area contributed by atoms with Crippen LogP contribution in [0.25, 0.3) is 0 Å². The Kier molecular flexibility index (Phi) is 31.2. The first-order valence-corrected chi connectivity index (χ1v) is 4.41. The second kappa shape index (κ2) is 19.3. The first-order chi connectivity index (χ1) is 7.27. The molecule has 1 saturated carbocycles. The Labute approximate surface area is 122 Å². The van der Waals surface area contributed by atoms with Crippen molar-refractivity contribution < 1.29 is 42.2 Å². The molecule has 0 heterocycles. The molecule has 1 aliphatic rings. The van der Waals surface area contributed by atoms with Crippen LogP contribution in [0.2, 0.25) is 0 Å². The van der Waals surface area contributed by atoms with E-state index in [0.29, 0.717) is 0 Å². The average Bonchev–Trinajstić information content (AvgIpc) is 2.08. The third-order valence-corrected chi connectivity index (χ3v) is 1.87. The Morgan fingerprint density at radius 3 is 1.05 bits per heavy atom. The third kappa shape index (κ3) is 38.3. The van der Waals surface area contributed by atoms with Crippen molar-refractivity contribution in [1.82, 2.24) is 0 Å². The van der Waals surface area contributed by atoms with Crippen LogP contribution in [-0.2, 0) is 21.1 Å². The summed E-state index contributed by atoms with van der Waals surface area (Å²) in [5.41, 5.74) is 11.3. The van der Waals surface area contributed by atoms with Crippen molar-refractivity contribution in [2.75, 3.05) is 0 Å². The molecule has 0 radical (unpaired) electrons. The van der Waals surface area contributed by atoms with Crippen molar-refractivity contribution >= 4 is 0 Å². The summed E-state index contributed by atoms with van der Waals surface area (Å²) < 4.78 is 0. The molecule has 13 heteroatoms. The maximum Gasteiger partial charge on any atom is 2.00 e. The van der Waals surface area contributed by atoms with Gasteiger partial charge >= 0.3 is 21.1 Å². The van der Waals surface area contributed by atoms with E-state index in [1.54, 1.807) is 0 Å². The van der Waals surface area contributed by atoms with Gasteiger partial charge in [-0.1, -0.05) is 12.8 Å². The summed E-state index contributed by atoms with van der Waals surface area (Å²) in [7, 11) is 0. The van der Waals surface area contributed by atoms with Gasteiger partial charge < -0.3 is 53.1 Å². The molecule has 2 atom stereocenters. The Balaban J connectivity index is -0.0000000526. The minimum atomic E-state index is -1.75. The summed E-state index contributed by atoms with van der Waals surface area (Å²) in [5.74, 6) is 0. The predicted molar refractivity (Wildman–Crippen MR) is 62.4 cm³/mol. The molecule has 0 spiro atoms. The predicted octanol–water partition coefficient (Wildman–Crippen LogP) is -1.92. The first-order valence-electron chi connectivity index (χ1n) is 4.41. The second-order valence-electron chi connectivity index (χ2n) is 3.06. The maximum absolute atomic E-state index is 8.25. The van der Waals surface area contributed by atoms with Crippen molar-refractivity contribution in [3.8, 4) is 0 Å². The van der Waals surface area contributed by atoms with Crippen molar-refractivity contribution in [2.45, 2.75) is 37.8 Å². The number of nitrogens with zero attached hydrogens (tertiary/aromatic N) is 2. The van der Waals surface area contributed by atoms with Crippen LogP contribution in [0.15, 0.2) is 0 Å². The molecule has 1 rings (SSSR count). The standard InChI is InChI=1S/C6H14N2.2NO3.2H2O.Pt/c7-5-3-1-2-4-6(5)8;2*2-1(3)4;;;/h5-6H,1-4,7-8H2;;;2*1H2;/q;2*-1;;;+2/t5-,6-;;;;;/m0...../s1. The molecule has 0 aromatic carbocycles. The van der Waals surface area contributed by atoms with E-state index in [4.69, 9.17) is 42.1 Å². The zero-order valence-corrected chi connectivity index (χ0v) is 12.1. The Morgan fingerprint density at radius 2 is 0.947 bits per heavy atom. The minimum absolute atomic E-state index is 0. The van der Waals surface area contributed by atoms with Crippen LogP contribution in [0.3, 0.4) is 0 Å². The number of hydrogen-bond acceptors (Lipinski definition) is 8. The van der Waals surface area contributed by atoms with Gasteiger partial charge in [0, 0.05) is 12.1 Å². The molecule has 1 fully saturated rings. The molecule has 1 aliphatic carbocycles. The number of hydrogen-bond donors (Lipinski definition) is 2. The zero-order valence-electron chi connectivity index (χ0n) is 9.80.